The maximum Gasteiger partial charge on any atom is 0.247 e. The van der Waals surface area contributed by atoms with Gasteiger partial charge in [-0.3, -0.25) is 0 Å². The molecule has 0 saturated carbocycles. The molecule has 4 nitrogen and oxygen atoms in total. The number of nitrogen functional groups attached to an aromatic ring is 1. The third kappa shape index (κ3) is 1.45. The molecular formula is C11H9N3OS. The summed E-state index contributed by atoms with van der Waals surface area (Å²) in [5, 5.41) is 2.93. The van der Waals surface area contributed by atoms with E-state index < -0.39 is 0 Å². The second kappa shape index (κ2) is 3.31. The molecule has 2 N–H and O–H groups in total. The molecule has 3 rings (SSSR count). The first-order valence-electron chi connectivity index (χ1n) is 4.81. The molecular weight excluding hydrogens is 222 g/mol. The summed E-state index contributed by atoms with van der Waals surface area (Å²) in [7, 11) is 0. The Morgan fingerprint density at radius 3 is 2.94 bits per heavy atom. The topological polar surface area (TPSA) is 64.9 Å². The van der Waals surface area contributed by atoms with Crippen LogP contribution >= 0.6 is 11.3 Å². The van der Waals surface area contributed by atoms with Crippen molar-refractivity contribution in [2.75, 3.05) is 5.73 Å². The van der Waals surface area contributed by atoms with Gasteiger partial charge in [0.15, 0.2) is 5.58 Å². The van der Waals surface area contributed by atoms with Crippen LogP contribution in [0, 0.1) is 6.92 Å². The molecule has 0 radical (unpaired) electrons. The van der Waals surface area contributed by atoms with Gasteiger partial charge in [-0.25, -0.2) is 9.97 Å². The average molecular weight is 231 g/mol. The van der Waals surface area contributed by atoms with Crippen LogP contribution in [0.5, 0.6) is 0 Å². The van der Waals surface area contributed by atoms with Crippen molar-refractivity contribution in [3.63, 3.8) is 0 Å². The summed E-state index contributed by atoms with van der Waals surface area (Å²) in [6.45, 7) is 1.95. The highest BCUT2D eigenvalue weighted by Crippen LogP contribution is 2.26. The van der Waals surface area contributed by atoms with Crippen molar-refractivity contribution in [1.82, 2.24) is 9.97 Å². The SMILES string of the molecule is Cc1nc(-c2nc3ccc(N)cc3o2)cs1. The van der Waals surface area contributed by atoms with Gasteiger partial charge in [0.2, 0.25) is 5.89 Å². The quantitative estimate of drug-likeness (QED) is 0.654. The van der Waals surface area contributed by atoms with Gasteiger partial charge in [0, 0.05) is 17.1 Å². The summed E-state index contributed by atoms with van der Waals surface area (Å²) in [5.74, 6) is 0.546. The molecule has 2 heterocycles. The Kier molecular flexibility index (Phi) is 1.94. The zero-order chi connectivity index (χ0) is 11.1. The van der Waals surface area contributed by atoms with Crippen LogP contribution in [0.1, 0.15) is 5.01 Å². The summed E-state index contributed by atoms with van der Waals surface area (Å²) in [6.07, 6.45) is 0. The van der Waals surface area contributed by atoms with E-state index in [0.29, 0.717) is 17.2 Å². The Hall–Kier alpha value is -1.88. The van der Waals surface area contributed by atoms with E-state index in [2.05, 4.69) is 9.97 Å². The second-order valence-corrected chi connectivity index (χ2v) is 4.56. The van der Waals surface area contributed by atoms with Crippen LogP contribution in [0.2, 0.25) is 0 Å². The second-order valence-electron chi connectivity index (χ2n) is 3.50. The normalized spacial score (nSPS) is 11.1. The standard InChI is InChI=1S/C11H9N3OS/c1-6-13-9(5-16-6)11-14-8-3-2-7(12)4-10(8)15-11/h2-5H,12H2,1H3. The predicted molar refractivity (Wildman–Crippen MR) is 64.3 cm³/mol. The van der Waals surface area contributed by atoms with Crippen molar-refractivity contribution in [1.29, 1.82) is 0 Å². The molecule has 1 aromatic carbocycles. The summed E-state index contributed by atoms with van der Waals surface area (Å²) in [4.78, 5) is 8.69. The zero-order valence-electron chi connectivity index (χ0n) is 8.60. The van der Waals surface area contributed by atoms with Crippen LogP contribution in [-0.4, -0.2) is 9.97 Å². The van der Waals surface area contributed by atoms with Crippen LogP contribution in [0.4, 0.5) is 5.69 Å². The molecule has 0 unspecified atom stereocenters. The number of oxazole rings is 1. The number of benzene rings is 1. The predicted octanol–water partition coefficient (Wildman–Crippen LogP) is 2.84. The number of anilines is 1. The molecule has 0 aliphatic heterocycles. The van der Waals surface area contributed by atoms with Crippen LogP contribution < -0.4 is 5.73 Å². The molecule has 0 atom stereocenters. The van der Waals surface area contributed by atoms with E-state index in [4.69, 9.17) is 10.2 Å². The van der Waals surface area contributed by atoms with Gasteiger partial charge in [-0.15, -0.1) is 11.3 Å². The number of fused-ring (bicyclic) bond motifs is 1. The van der Waals surface area contributed by atoms with E-state index >= 15 is 0 Å². The van der Waals surface area contributed by atoms with Crippen molar-refractivity contribution >= 4 is 28.1 Å². The van der Waals surface area contributed by atoms with Gasteiger partial charge in [-0.05, 0) is 19.1 Å². The Morgan fingerprint density at radius 1 is 1.31 bits per heavy atom. The number of hydrogen-bond donors (Lipinski definition) is 1. The van der Waals surface area contributed by atoms with Crippen LogP contribution in [0.15, 0.2) is 28.0 Å². The van der Waals surface area contributed by atoms with Crippen LogP contribution in [0.25, 0.3) is 22.7 Å². The van der Waals surface area contributed by atoms with Crippen molar-refractivity contribution in [2.24, 2.45) is 0 Å². The van der Waals surface area contributed by atoms with Crippen LogP contribution in [0.3, 0.4) is 0 Å². The fraction of sp³-hybridized carbons (Fsp3) is 0.0909. The highest BCUT2D eigenvalue weighted by atomic mass is 32.1. The highest BCUT2D eigenvalue weighted by Gasteiger charge is 2.10. The molecule has 0 fully saturated rings. The lowest BCUT2D eigenvalue weighted by Gasteiger charge is -1.88. The van der Waals surface area contributed by atoms with Crippen molar-refractivity contribution in [2.45, 2.75) is 6.92 Å². The van der Waals surface area contributed by atoms with Crippen molar-refractivity contribution in [3.8, 4) is 11.6 Å². The first-order chi connectivity index (χ1) is 7.72. The van der Waals surface area contributed by atoms with E-state index in [1.807, 2.05) is 18.4 Å². The molecule has 16 heavy (non-hydrogen) atoms. The van der Waals surface area contributed by atoms with E-state index in [-0.39, 0.29) is 0 Å². The first-order valence-corrected chi connectivity index (χ1v) is 5.69. The first kappa shape index (κ1) is 9.35. The largest absolute Gasteiger partial charge is 0.435 e. The summed E-state index contributed by atoms with van der Waals surface area (Å²) in [5.41, 5.74) is 8.62. The van der Waals surface area contributed by atoms with Gasteiger partial charge in [0.25, 0.3) is 0 Å². The minimum atomic E-state index is 0.546. The van der Waals surface area contributed by atoms with Gasteiger partial charge in [0.1, 0.15) is 11.2 Å². The number of hydrogen-bond acceptors (Lipinski definition) is 5. The number of rotatable bonds is 1. The Bertz CT molecular complexity index is 656. The third-order valence-corrected chi connectivity index (χ3v) is 3.02. The molecule has 0 bridgehead atoms. The maximum absolute atomic E-state index is 5.67. The molecule has 0 spiro atoms. The lowest BCUT2D eigenvalue weighted by molar-refractivity contribution is 0.617. The van der Waals surface area contributed by atoms with Gasteiger partial charge in [-0.1, -0.05) is 0 Å². The maximum atomic E-state index is 5.67. The number of aromatic nitrogens is 2. The Morgan fingerprint density at radius 2 is 2.19 bits per heavy atom. The molecule has 80 valence electrons. The van der Waals surface area contributed by atoms with Crippen LogP contribution in [-0.2, 0) is 0 Å². The minimum Gasteiger partial charge on any atom is -0.435 e. The molecule has 2 aromatic heterocycles. The monoisotopic (exact) mass is 231 g/mol. The minimum absolute atomic E-state index is 0.546. The number of thiazole rings is 1. The number of nitrogens with zero attached hydrogens (tertiary/aromatic N) is 2. The van der Waals surface area contributed by atoms with E-state index in [9.17, 15) is 0 Å². The van der Waals surface area contributed by atoms with Gasteiger partial charge >= 0.3 is 0 Å². The van der Waals surface area contributed by atoms with E-state index in [1.54, 1.807) is 23.5 Å². The lowest BCUT2D eigenvalue weighted by Crippen LogP contribution is -1.81. The molecule has 0 aliphatic carbocycles. The van der Waals surface area contributed by atoms with E-state index in [1.165, 1.54) is 0 Å². The number of aryl methyl sites for hydroxylation is 1. The molecule has 3 aromatic rings. The molecule has 0 aliphatic rings. The van der Waals surface area contributed by atoms with Crippen molar-refractivity contribution < 1.29 is 4.42 Å². The Labute approximate surface area is 95.7 Å². The van der Waals surface area contributed by atoms with E-state index in [0.717, 1.165) is 16.2 Å². The third-order valence-electron chi connectivity index (χ3n) is 2.25. The molecule has 0 saturated heterocycles. The fourth-order valence-corrected chi connectivity index (χ4v) is 2.10. The zero-order valence-corrected chi connectivity index (χ0v) is 9.41. The summed E-state index contributed by atoms with van der Waals surface area (Å²) < 4.78 is 5.60. The highest BCUT2D eigenvalue weighted by molar-refractivity contribution is 7.09. The fourth-order valence-electron chi connectivity index (χ4n) is 1.51. The van der Waals surface area contributed by atoms with Gasteiger partial charge in [-0.2, -0.15) is 0 Å². The Balaban J connectivity index is 2.18. The van der Waals surface area contributed by atoms with Gasteiger partial charge in [0.05, 0.1) is 5.01 Å². The summed E-state index contributed by atoms with van der Waals surface area (Å²) >= 11 is 1.58. The van der Waals surface area contributed by atoms with Gasteiger partial charge < -0.3 is 10.2 Å². The lowest BCUT2D eigenvalue weighted by atomic mass is 10.3. The molecule has 0 amide bonds. The summed E-state index contributed by atoms with van der Waals surface area (Å²) in [6, 6.07) is 5.42. The molecule has 5 heteroatoms. The van der Waals surface area contributed by atoms with Crippen molar-refractivity contribution in [3.05, 3.63) is 28.6 Å². The number of nitrogens with two attached hydrogens (primary N) is 1. The smallest absolute Gasteiger partial charge is 0.247 e. The average Bonchev–Trinajstić information content (AvgIpc) is 2.83.